The van der Waals surface area contributed by atoms with E-state index in [2.05, 4.69) is 25.2 Å². The van der Waals surface area contributed by atoms with Crippen molar-refractivity contribution in [2.45, 2.75) is 57.7 Å². The van der Waals surface area contributed by atoms with Crippen LogP contribution in [-0.2, 0) is 4.74 Å². The Morgan fingerprint density at radius 3 is 2.58 bits per heavy atom. The van der Waals surface area contributed by atoms with E-state index < -0.39 is 0 Å². The van der Waals surface area contributed by atoms with Gasteiger partial charge < -0.3 is 15.0 Å². The number of aryl methyl sites for hydroxylation is 2. The predicted molar refractivity (Wildman–Crippen MR) is 123 cm³/mol. The van der Waals surface area contributed by atoms with Crippen LogP contribution in [0.15, 0.2) is 23.7 Å². The predicted octanol–water partition coefficient (Wildman–Crippen LogP) is 4.80. The number of carbonyl (C=O) groups excluding carboxylic acids is 1. The van der Waals surface area contributed by atoms with E-state index in [1.165, 1.54) is 11.3 Å². The highest BCUT2D eigenvalue weighted by Crippen LogP contribution is 2.38. The average Bonchev–Trinajstić information content (AvgIpc) is 3.43. The summed E-state index contributed by atoms with van der Waals surface area (Å²) in [4.78, 5) is 29.9. The van der Waals surface area contributed by atoms with Crippen molar-refractivity contribution in [3.8, 4) is 10.6 Å². The number of piperidine rings is 1. The van der Waals surface area contributed by atoms with Crippen LogP contribution in [0.1, 0.15) is 46.7 Å². The van der Waals surface area contributed by atoms with Crippen LogP contribution in [0.2, 0.25) is 0 Å². The van der Waals surface area contributed by atoms with Gasteiger partial charge in [0, 0.05) is 30.8 Å². The molecule has 1 N–H and O–H groups in total. The fourth-order valence-corrected chi connectivity index (χ4v) is 6.37. The van der Waals surface area contributed by atoms with E-state index in [1.807, 2.05) is 31.4 Å². The van der Waals surface area contributed by atoms with Crippen molar-refractivity contribution < 1.29 is 9.53 Å². The van der Waals surface area contributed by atoms with E-state index in [-0.39, 0.29) is 24.1 Å². The lowest BCUT2D eigenvalue weighted by Crippen LogP contribution is -2.48. The molecule has 1 unspecified atom stereocenters. The molecule has 0 radical (unpaired) electrons. The summed E-state index contributed by atoms with van der Waals surface area (Å²) in [6.45, 7) is 4.01. The lowest BCUT2D eigenvalue weighted by Gasteiger charge is -2.38. The number of rotatable bonds is 5. The van der Waals surface area contributed by atoms with Crippen molar-refractivity contribution in [1.82, 2.24) is 19.9 Å². The molecule has 0 aromatic carbocycles. The first-order valence-corrected chi connectivity index (χ1v) is 12.2. The molecule has 31 heavy (non-hydrogen) atoms. The van der Waals surface area contributed by atoms with Crippen LogP contribution in [0.4, 0.5) is 10.9 Å². The van der Waals surface area contributed by atoms with Crippen molar-refractivity contribution in [3.05, 3.63) is 40.0 Å². The Hall–Kier alpha value is -2.36. The molecule has 3 aromatic heterocycles. The van der Waals surface area contributed by atoms with Gasteiger partial charge in [-0.2, -0.15) is 0 Å². The van der Waals surface area contributed by atoms with Crippen LogP contribution in [0.5, 0.6) is 0 Å². The van der Waals surface area contributed by atoms with E-state index in [9.17, 15) is 4.79 Å². The van der Waals surface area contributed by atoms with Crippen molar-refractivity contribution >= 4 is 39.5 Å². The van der Waals surface area contributed by atoms with Gasteiger partial charge in [-0.25, -0.2) is 15.0 Å². The van der Waals surface area contributed by atoms with Crippen molar-refractivity contribution in [2.75, 3.05) is 12.4 Å². The quantitative estimate of drug-likeness (QED) is 0.595. The smallest absolute Gasteiger partial charge is 0.255 e. The molecule has 2 fully saturated rings. The second-order valence-corrected chi connectivity index (χ2v) is 10.2. The zero-order valence-electron chi connectivity index (χ0n) is 17.8. The van der Waals surface area contributed by atoms with Crippen LogP contribution >= 0.6 is 22.7 Å². The number of nitrogens with one attached hydrogen (secondary N) is 1. The second-order valence-electron chi connectivity index (χ2n) is 8.17. The van der Waals surface area contributed by atoms with Crippen LogP contribution in [-0.4, -0.2) is 51.1 Å². The Bertz CT molecular complexity index is 1080. The largest absolute Gasteiger partial charge is 0.381 e. The third-order valence-electron chi connectivity index (χ3n) is 6.14. The first-order valence-electron chi connectivity index (χ1n) is 10.5. The Morgan fingerprint density at radius 1 is 1.19 bits per heavy atom. The highest BCUT2D eigenvalue weighted by atomic mass is 32.1. The Balaban J connectivity index is 1.27. The third-order valence-corrected chi connectivity index (χ3v) is 8.00. The van der Waals surface area contributed by atoms with E-state index in [1.54, 1.807) is 24.6 Å². The number of fused-ring (bicyclic) bond motifs is 2. The lowest BCUT2D eigenvalue weighted by molar-refractivity contribution is 0.00821. The minimum Gasteiger partial charge on any atom is -0.381 e. The van der Waals surface area contributed by atoms with Crippen LogP contribution in [0.3, 0.4) is 0 Å². The molecule has 0 spiro atoms. The standard InChI is InChI=1S/C22H25N5O2S2/c1-12-20(31-13(2)24-12)18-11-30-22(25-18)26-19-7-4-14(10-23-19)21(28)27-15-5-6-16(27)9-17(8-15)29-3/h4,7,10-11,15-17H,5-6,8-9H2,1-3H3,(H,23,25,26)/t15-,16+,17?. The number of hydrogen-bond acceptors (Lipinski definition) is 8. The molecule has 0 saturated carbocycles. The molecule has 3 aromatic rings. The number of hydrogen-bond donors (Lipinski definition) is 1. The number of nitrogens with zero attached hydrogens (tertiary/aromatic N) is 4. The first-order chi connectivity index (χ1) is 15.0. The van der Waals surface area contributed by atoms with Gasteiger partial charge in [-0.15, -0.1) is 22.7 Å². The fourth-order valence-electron chi connectivity index (χ4n) is 4.71. The maximum atomic E-state index is 13.1. The number of carbonyl (C=O) groups is 1. The van der Waals surface area contributed by atoms with Crippen LogP contribution < -0.4 is 5.32 Å². The molecule has 1 amide bonds. The van der Waals surface area contributed by atoms with Crippen molar-refractivity contribution in [2.24, 2.45) is 0 Å². The monoisotopic (exact) mass is 455 g/mol. The van der Waals surface area contributed by atoms with Crippen LogP contribution in [0.25, 0.3) is 10.6 Å². The molecule has 2 bridgehead atoms. The molecule has 3 atom stereocenters. The Kier molecular flexibility index (Phi) is 5.49. The molecule has 2 saturated heterocycles. The molecule has 0 aliphatic carbocycles. The van der Waals surface area contributed by atoms with Gasteiger partial charge in [0.25, 0.3) is 5.91 Å². The van der Waals surface area contributed by atoms with Gasteiger partial charge >= 0.3 is 0 Å². The summed E-state index contributed by atoms with van der Waals surface area (Å²) in [6.07, 6.45) is 5.92. The van der Waals surface area contributed by atoms with Gasteiger partial charge in [0.15, 0.2) is 5.13 Å². The fraction of sp³-hybridized carbons (Fsp3) is 0.455. The molecule has 2 aliphatic heterocycles. The second kappa shape index (κ2) is 8.29. The maximum Gasteiger partial charge on any atom is 0.255 e. The molecular weight excluding hydrogens is 430 g/mol. The number of thiazole rings is 2. The number of anilines is 2. The summed E-state index contributed by atoms with van der Waals surface area (Å²) in [7, 11) is 1.77. The normalized spacial score (nSPS) is 22.7. The molecule has 2 aliphatic rings. The van der Waals surface area contributed by atoms with Gasteiger partial charge in [-0.1, -0.05) is 0 Å². The minimum atomic E-state index is 0.0775. The van der Waals surface area contributed by atoms with E-state index in [0.29, 0.717) is 11.4 Å². The summed E-state index contributed by atoms with van der Waals surface area (Å²) >= 11 is 3.18. The van der Waals surface area contributed by atoms with Gasteiger partial charge in [-0.3, -0.25) is 4.79 Å². The minimum absolute atomic E-state index is 0.0775. The molecular formula is C22H25N5O2S2. The highest BCUT2D eigenvalue weighted by Gasteiger charge is 2.43. The number of aromatic nitrogens is 3. The van der Waals surface area contributed by atoms with E-state index in [0.717, 1.165) is 52.1 Å². The first kappa shape index (κ1) is 20.5. The van der Waals surface area contributed by atoms with Gasteiger partial charge in [0.05, 0.1) is 32.9 Å². The molecule has 7 nitrogen and oxygen atoms in total. The molecule has 162 valence electrons. The zero-order chi connectivity index (χ0) is 21.5. The highest BCUT2D eigenvalue weighted by molar-refractivity contribution is 7.16. The topological polar surface area (TPSA) is 80.2 Å². The van der Waals surface area contributed by atoms with E-state index in [4.69, 9.17) is 4.74 Å². The summed E-state index contributed by atoms with van der Waals surface area (Å²) in [6, 6.07) is 4.26. The average molecular weight is 456 g/mol. The van der Waals surface area contributed by atoms with Crippen molar-refractivity contribution in [3.63, 3.8) is 0 Å². The lowest BCUT2D eigenvalue weighted by atomic mass is 9.99. The number of amides is 1. The number of pyridine rings is 1. The summed E-state index contributed by atoms with van der Waals surface area (Å²) in [5, 5.41) is 7.08. The van der Waals surface area contributed by atoms with Gasteiger partial charge in [0.1, 0.15) is 5.82 Å². The van der Waals surface area contributed by atoms with E-state index >= 15 is 0 Å². The molecule has 5 rings (SSSR count). The number of methoxy groups -OCH3 is 1. The summed E-state index contributed by atoms with van der Waals surface area (Å²) in [5.41, 5.74) is 2.56. The third kappa shape index (κ3) is 3.97. The Morgan fingerprint density at radius 2 is 1.97 bits per heavy atom. The molecule has 5 heterocycles. The summed E-state index contributed by atoms with van der Waals surface area (Å²) in [5.74, 6) is 0.754. The van der Waals surface area contributed by atoms with Gasteiger partial charge in [0.2, 0.25) is 0 Å². The SMILES string of the molecule is COC1C[C@H]2CC[C@@H](C1)N2C(=O)c1ccc(Nc2nc(-c3sc(C)nc3C)cs2)nc1. The molecule has 9 heteroatoms. The van der Waals surface area contributed by atoms with Gasteiger partial charge in [-0.05, 0) is 51.7 Å². The number of ether oxygens (including phenoxy) is 1. The zero-order valence-corrected chi connectivity index (χ0v) is 19.4. The van der Waals surface area contributed by atoms with Crippen molar-refractivity contribution in [1.29, 1.82) is 0 Å². The maximum absolute atomic E-state index is 13.1. The summed E-state index contributed by atoms with van der Waals surface area (Å²) < 4.78 is 5.55. The van der Waals surface area contributed by atoms with Crippen LogP contribution in [0, 0.1) is 13.8 Å². The Labute approximate surface area is 189 Å².